The second kappa shape index (κ2) is 4.78. The molecule has 0 aliphatic heterocycles. The molecule has 0 aliphatic carbocycles. The number of benzene rings is 2. The van der Waals surface area contributed by atoms with Crippen LogP contribution >= 0.6 is 0 Å². The van der Waals surface area contributed by atoms with Gasteiger partial charge in [-0.3, -0.25) is 0 Å². The second-order valence-corrected chi connectivity index (χ2v) is 4.36. The van der Waals surface area contributed by atoms with Crippen LogP contribution in [-0.2, 0) is 6.54 Å². The van der Waals surface area contributed by atoms with E-state index in [1.807, 2.05) is 42.5 Å². The lowest BCUT2D eigenvalue weighted by molar-refractivity contribution is 0.611. The van der Waals surface area contributed by atoms with Gasteiger partial charge in [0.15, 0.2) is 0 Å². The molecule has 19 heavy (non-hydrogen) atoms. The minimum Gasteiger partial charge on any atom is -0.326 e. The van der Waals surface area contributed by atoms with E-state index in [-0.39, 0.29) is 12.4 Å². The topological polar surface area (TPSA) is 38.9 Å². The number of halogens is 1. The van der Waals surface area contributed by atoms with Crippen LogP contribution in [0, 0.1) is 5.82 Å². The van der Waals surface area contributed by atoms with E-state index in [2.05, 4.69) is 4.98 Å². The van der Waals surface area contributed by atoms with Crippen molar-refractivity contribution >= 4 is 10.9 Å². The summed E-state index contributed by atoms with van der Waals surface area (Å²) >= 11 is 0. The third-order valence-corrected chi connectivity index (χ3v) is 3.20. The molecule has 0 atom stereocenters. The molecule has 94 valence electrons. The van der Waals surface area contributed by atoms with Crippen molar-refractivity contribution in [3.63, 3.8) is 0 Å². The van der Waals surface area contributed by atoms with Crippen molar-refractivity contribution in [3.05, 3.63) is 66.0 Å². The molecule has 0 saturated heterocycles. The summed E-state index contributed by atoms with van der Waals surface area (Å²) in [6.07, 6.45) is 0. The lowest BCUT2D eigenvalue weighted by atomic mass is 10.0. The van der Waals surface area contributed by atoms with Crippen molar-refractivity contribution < 1.29 is 4.39 Å². The number of aromatic nitrogens is 1. The average molecular weight is 252 g/mol. The Hall–Kier alpha value is -2.26. The van der Waals surface area contributed by atoms with E-state index < -0.39 is 0 Å². The Labute approximate surface area is 110 Å². The molecule has 0 unspecified atom stereocenters. The molecule has 0 saturated carbocycles. The second-order valence-electron chi connectivity index (χ2n) is 4.36. The summed E-state index contributed by atoms with van der Waals surface area (Å²) < 4.78 is 13.7. The minimum absolute atomic E-state index is 0.163. The lowest BCUT2D eigenvalue weighted by Crippen LogP contribution is -2.03. The third-order valence-electron chi connectivity index (χ3n) is 3.20. The van der Waals surface area contributed by atoms with Gasteiger partial charge in [-0.2, -0.15) is 0 Å². The Morgan fingerprint density at radius 2 is 1.79 bits per heavy atom. The number of rotatable bonds is 2. The Kier molecular flexibility index (Phi) is 2.97. The third kappa shape index (κ3) is 2.09. The maximum atomic E-state index is 13.7. The van der Waals surface area contributed by atoms with Crippen molar-refractivity contribution in [1.29, 1.82) is 0 Å². The normalized spacial score (nSPS) is 10.8. The molecule has 2 nitrogen and oxygen atoms in total. The molecule has 0 fully saturated rings. The van der Waals surface area contributed by atoms with Crippen LogP contribution in [0.25, 0.3) is 22.2 Å². The molecule has 2 aromatic carbocycles. The molecule has 0 spiro atoms. The highest BCUT2D eigenvalue weighted by Gasteiger charge is 2.10. The first-order valence-electron chi connectivity index (χ1n) is 6.13. The van der Waals surface area contributed by atoms with E-state index in [0.717, 1.165) is 22.2 Å². The van der Waals surface area contributed by atoms with E-state index in [0.29, 0.717) is 5.56 Å². The van der Waals surface area contributed by atoms with E-state index in [1.54, 1.807) is 6.07 Å². The zero-order valence-corrected chi connectivity index (χ0v) is 10.3. The lowest BCUT2D eigenvalue weighted by Gasteiger charge is -2.09. The van der Waals surface area contributed by atoms with Crippen LogP contribution in [0.4, 0.5) is 4.39 Å². The van der Waals surface area contributed by atoms with Crippen LogP contribution in [0.3, 0.4) is 0 Å². The smallest absolute Gasteiger partial charge is 0.128 e. The van der Waals surface area contributed by atoms with Gasteiger partial charge in [-0.05, 0) is 18.2 Å². The van der Waals surface area contributed by atoms with E-state index in [4.69, 9.17) is 5.73 Å². The van der Waals surface area contributed by atoms with Gasteiger partial charge in [0.1, 0.15) is 5.82 Å². The minimum atomic E-state index is -0.282. The highest BCUT2D eigenvalue weighted by molar-refractivity contribution is 5.81. The van der Waals surface area contributed by atoms with E-state index in [1.165, 1.54) is 6.07 Å². The number of pyridine rings is 1. The van der Waals surface area contributed by atoms with Crippen molar-refractivity contribution in [3.8, 4) is 11.3 Å². The zero-order chi connectivity index (χ0) is 13.2. The van der Waals surface area contributed by atoms with Gasteiger partial charge in [0, 0.05) is 23.1 Å². The van der Waals surface area contributed by atoms with Crippen LogP contribution in [0.2, 0.25) is 0 Å². The van der Waals surface area contributed by atoms with Gasteiger partial charge in [-0.1, -0.05) is 36.4 Å². The molecule has 3 aromatic rings. The number of para-hydroxylation sites is 1. The summed E-state index contributed by atoms with van der Waals surface area (Å²) in [7, 11) is 0. The first kappa shape index (κ1) is 11.8. The fraction of sp³-hybridized carbons (Fsp3) is 0.0625. The summed E-state index contributed by atoms with van der Waals surface area (Å²) in [5.74, 6) is -0.282. The summed E-state index contributed by atoms with van der Waals surface area (Å²) in [5.41, 5.74) is 8.54. The maximum Gasteiger partial charge on any atom is 0.128 e. The first-order valence-corrected chi connectivity index (χ1v) is 6.13. The largest absolute Gasteiger partial charge is 0.326 e. The summed E-state index contributed by atoms with van der Waals surface area (Å²) in [6, 6.07) is 16.7. The van der Waals surface area contributed by atoms with Gasteiger partial charge in [0.25, 0.3) is 0 Å². The maximum absolute atomic E-state index is 13.7. The molecule has 0 amide bonds. The predicted molar refractivity (Wildman–Crippen MR) is 75.0 cm³/mol. The first-order chi connectivity index (χ1) is 9.29. The average Bonchev–Trinajstić information content (AvgIpc) is 2.46. The Morgan fingerprint density at radius 3 is 2.63 bits per heavy atom. The van der Waals surface area contributed by atoms with Gasteiger partial charge in [0.2, 0.25) is 0 Å². The summed E-state index contributed by atoms with van der Waals surface area (Å²) in [5, 5.41) is 1.07. The molecule has 1 heterocycles. The Morgan fingerprint density at radius 1 is 0.947 bits per heavy atom. The van der Waals surface area contributed by atoms with Crippen molar-refractivity contribution in [1.82, 2.24) is 4.98 Å². The molecular weight excluding hydrogens is 239 g/mol. The number of nitrogens with two attached hydrogens (primary N) is 1. The van der Waals surface area contributed by atoms with Crippen LogP contribution in [0.5, 0.6) is 0 Å². The highest BCUT2D eigenvalue weighted by Crippen LogP contribution is 2.25. The molecule has 0 radical (unpaired) electrons. The monoisotopic (exact) mass is 252 g/mol. The van der Waals surface area contributed by atoms with Gasteiger partial charge in [-0.25, -0.2) is 9.37 Å². The Balaban J connectivity index is 2.22. The molecule has 3 heteroatoms. The molecule has 1 aromatic heterocycles. The predicted octanol–water partition coefficient (Wildman–Crippen LogP) is 3.50. The van der Waals surface area contributed by atoms with Crippen LogP contribution in [0.15, 0.2) is 54.6 Å². The van der Waals surface area contributed by atoms with Gasteiger partial charge in [-0.15, -0.1) is 0 Å². The fourth-order valence-corrected chi connectivity index (χ4v) is 2.22. The van der Waals surface area contributed by atoms with Gasteiger partial charge < -0.3 is 5.73 Å². The van der Waals surface area contributed by atoms with Crippen LogP contribution in [0.1, 0.15) is 5.56 Å². The fourth-order valence-electron chi connectivity index (χ4n) is 2.22. The summed E-state index contributed by atoms with van der Waals surface area (Å²) in [6.45, 7) is 0.163. The zero-order valence-electron chi connectivity index (χ0n) is 10.3. The number of hydrogen-bond donors (Lipinski definition) is 1. The number of hydrogen-bond acceptors (Lipinski definition) is 2. The molecule has 0 bridgehead atoms. The highest BCUT2D eigenvalue weighted by atomic mass is 19.1. The standard InChI is InChI=1S/C16H13FN2/c17-14-6-3-5-12(13(14)10-18)16-9-8-11-4-1-2-7-15(11)19-16/h1-9H,10,18H2. The number of fused-ring (bicyclic) bond motifs is 1. The van der Waals surface area contributed by atoms with Crippen LogP contribution < -0.4 is 5.73 Å². The van der Waals surface area contributed by atoms with Crippen molar-refractivity contribution in [2.24, 2.45) is 5.73 Å². The quantitative estimate of drug-likeness (QED) is 0.758. The van der Waals surface area contributed by atoms with E-state index >= 15 is 0 Å². The summed E-state index contributed by atoms with van der Waals surface area (Å²) in [4.78, 5) is 4.57. The SMILES string of the molecule is NCc1c(F)cccc1-c1ccc2ccccc2n1. The molecule has 3 rings (SSSR count). The van der Waals surface area contributed by atoms with Crippen LogP contribution in [-0.4, -0.2) is 4.98 Å². The van der Waals surface area contributed by atoms with Crippen molar-refractivity contribution in [2.75, 3.05) is 0 Å². The van der Waals surface area contributed by atoms with Gasteiger partial charge in [0.05, 0.1) is 11.2 Å². The number of nitrogens with zero attached hydrogens (tertiary/aromatic N) is 1. The Bertz CT molecular complexity index is 738. The molecule has 2 N–H and O–H groups in total. The van der Waals surface area contributed by atoms with Gasteiger partial charge >= 0.3 is 0 Å². The van der Waals surface area contributed by atoms with Crippen molar-refractivity contribution in [2.45, 2.75) is 6.54 Å². The molecular formula is C16H13FN2. The van der Waals surface area contributed by atoms with E-state index in [9.17, 15) is 4.39 Å². The molecule has 0 aliphatic rings.